The summed E-state index contributed by atoms with van der Waals surface area (Å²) in [4.78, 5) is 33.1. The van der Waals surface area contributed by atoms with Crippen molar-refractivity contribution in [2.75, 3.05) is 13.7 Å². The molecule has 0 saturated heterocycles. The fourth-order valence-corrected chi connectivity index (χ4v) is 5.56. The summed E-state index contributed by atoms with van der Waals surface area (Å²) in [7, 11) is 1.30. The van der Waals surface area contributed by atoms with Crippen molar-refractivity contribution in [3.63, 3.8) is 0 Å². The number of hydrogen-bond donors (Lipinski definition) is 1. The van der Waals surface area contributed by atoms with Gasteiger partial charge in [-0.05, 0) is 35.8 Å². The predicted molar refractivity (Wildman–Crippen MR) is 129 cm³/mol. The maximum absolute atomic E-state index is 14.9. The van der Waals surface area contributed by atoms with E-state index in [1.807, 2.05) is 29.8 Å². The monoisotopic (exact) mass is 485 g/mol. The SMILES string of the molecule is CCC1=C(C(=O)OC)[C@H](c2ccccc2F)N2C(CC(=O)NCCc3cccs3)=CSC2=N1. The van der Waals surface area contributed by atoms with E-state index < -0.39 is 17.8 Å². The lowest BCUT2D eigenvalue weighted by atomic mass is 9.92. The van der Waals surface area contributed by atoms with Crippen molar-refractivity contribution >= 4 is 40.1 Å². The minimum absolute atomic E-state index is 0.0946. The number of aliphatic imine (C=N–C) groups is 1. The van der Waals surface area contributed by atoms with Crippen LogP contribution in [-0.2, 0) is 20.7 Å². The minimum Gasteiger partial charge on any atom is -0.466 e. The number of hydrogen-bond acceptors (Lipinski definition) is 7. The van der Waals surface area contributed by atoms with Gasteiger partial charge in [0.2, 0.25) is 5.91 Å². The van der Waals surface area contributed by atoms with E-state index in [9.17, 15) is 14.0 Å². The van der Waals surface area contributed by atoms with Gasteiger partial charge in [-0.2, -0.15) is 0 Å². The van der Waals surface area contributed by atoms with Crippen molar-refractivity contribution in [1.29, 1.82) is 0 Å². The third-order valence-electron chi connectivity index (χ3n) is 5.44. The van der Waals surface area contributed by atoms with Crippen LogP contribution in [-0.4, -0.2) is 35.6 Å². The van der Waals surface area contributed by atoms with Gasteiger partial charge in [-0.25, -0.2) is 14.2 Å². The summed E-state index contributed by atoms with van der Waals surface area (Å²) in [5, 5.41) is 7.42. The number of esters is 1. The molecule has 0 radical (unpaired) electrons. The Hall–Kier alpha value is -2.91. The predicted octanol–water partition coefficient (Wildman–Crippen LogP) is 4.77. The third-order valence-corrected chi connectivity index (χ3v) is 7.27. The first-order valence-electron chi connectivity index (χ1n) is 10.6. The van der Waals surface area contributed by atoms with Crippen LogP contribution in [0.25, 0.3) is 0 Å². The van der Waals surface area contributed by atoms with E-state index >= 15 is 0 Å². The number of nitrogens with one attached hydrogen (secondary N) is 1. The number of benzene rings is 1. The van der Waals surface area contributed by atoms with Crippen LogP contribution < -0.4 is 5.32 Å². The van der Waals surface area contributed by atoms with Gasteiger partial charge in [-0.3, -0.25) is 4.79 Å². The maximum Gasteiger partial charge on any atom is 0.338 e. The van der Waals surface area contributed by atoms with E-state index in [2.05, 4.69) is 10.3 Å². The smallest absolute Gasteiger partial charge is 0.338 e. The first-order valence-corrected chi connectivity index (χ1v) is 12.4. The van der Waals surface area contributed by atoms with Crippen LogP contribution in [0.2, 0.25) is 0 Å². The Labute approximate surface area is 200 Å². The molecule has 0 fully saturated rings. The Balaban J connectivity index is 1.60. The molecule has 2 aliphatic rings. The van der Waals surface area contributed by atoms with E-state index in [0.29, 0.717) is 40.7 Å². The zero-order valence-corrected chi connectivity index (χ0v) is 20.0. The number of halogens is 1. The number of amides is 1. The standard InChI is InChI=1S/C24H24FN3O3S2/c1-3-19-21(23(30)31-2)22(17-8-4-5-9-18(17)25)28-15(14-33-24(28)27-19)13-20(29)26-11-10-16-7-6-12-32-16/h4-9,12,14,22H,3,10-11,13H2,1-2H3,(H,26,29)/t22-/m0/s1. The Morgan fingerprint density at radius 2 is 2.06 bits per heavy atom. The van der Waals surface area contributed by atoms with Gasteiger partial charge in [-0.15, -0.1) is 11.3 Å². The molecular formula is C24H24FN3O3S2. The van der Waals surface area contributed by atoms with Gasteiger partial charge in [-0.1, -0.05) is 43.0 Å². The lowest BCUT2D eigenvalue weighted by molar-refractivity contribution is -0.136. The number of methoxy groups -OCH3 is 1. The Kier molecular flexibility index (Phi) is 7.29. The molecule has 1 aromatic heterocycles. The van der Waals surface area contributed by atoms with Gasteiger partial charge in [0.15, 0.2) is 5.17 Å². The molecule has 6 nitrogen and oxygen atoms in total. The fraction of sp³-hybridized carbons (Fsp3) is 0.292. The molecule has 2 aromatic rings. The number of thioether (sulfide) groups is 1. The summed E-state index contributed by atoms with van der Waals surface area (Å²) in [6.45, 7) is 2.43. The quantitative estimate of drug-likeness (QED) is 0.545. The molecule has 0 unspecified atom stereocenters. The molecule has 33 heavy (non-hydrogen) atoms. The summed E-state index contributed by atoms with van der Waals surface area (Å²) in [5.41, 5.74) is 1.85. The lowest BCUT2D eigenvalue weighted by Gasteiger charge is -2.36. The Morgan fingerprint density at radius 1 is 1.24 bits per heavy atom. The minimum atomic E-state index is -0.763. The molecule has 1 amide bonds. The van der Waals surface area contributed by atoms with Gasteiger partial charge in [0.1, 0.15) is 5.82 Å². The van der Waals surface area contributed by atoms with Crippen LogP contribution in [0.3, 0.4) is 0 Å². The van der Waals surface area contributed by atoms with Crippen molar-refractivity contribution < 1.29 is 18.7 Å². The number of allylic oxidation sites excluding steroid dienone is 1. The molecule has 1 N–H and O–H groups in total. The number of carbonyl (C=O) groups excluding carboxylic acids is 2. The largest absolute Gasteiger partial charge is 0.466 e. The van der Waals surface area contributed by atoms with Gasteiger partial charge < -0.3 is 15.0 Å². The van der Waals surface area contributed by atoms with Crippen LogP contribution in [0, 0.1) is 5.82 Å². The fourth-order valence-electron chi connectivity index (χ4n) is 3.91. The average Bonchev–Trinajstić information content (AvgIpc) is 3.48. The number of fused-ring (bicyclic) bond motifs is 1. The highest BCUT2D eigenvalue weighted by molar-refractivity contribution is 8.16. The van der Waals surface area contributed by atoms with Crippen molar-refractivity contribution in [2.24, 2.45) is 4.99 Å². The second-order valence-corrected chi connectivity index (χ2v) is 9.35. The summed E-state index contributed by atoms with van der Waals surface area (Å²) >= 11 is 3.02. The lowest BCUT2D eigenvalue weighted by Crippen LogP contribution is -2.38. The molecule has 0 spiro atoms. The molecular weight excluding hydrogens is 461 g/mol. The number of rotatable bonds is 8. The van der Waals surface area contributed by atoms with E-state index in [1.165, 1.54) is 29.8 Å². The van der Waals surface area contributed by atoms with Crippen LogP contribution >= 0.6 is 23.1 Å². The summed E-state index contributed by atoms with van der Waals surface area (Å²) in [6, 6.07) is 9.62. The third kappa shape index (κ3) is 4.89. The summed E-state index contributed by atoms with van der Waals surface area (Å²) < 4.78 is 20.0. The molecule has 3 heterocycles. The molecule has 1 atom stereocenters. The molecule has 9 heteroatoms. The molecule has 4 rings (SSSR count). The van der Waals surface area contributed by atoms with Crippen molar-refractivity contribution in [3.05, 3.63) is 80.4 Å². The Morgan fingerprint density at radius 3 is 2.76 bits per heavy atom. The molecule has 172 valence electrons. The highest BCUT2D eigenvalue weighted by Gasteiger charge is 2.42. The summed E-state index contributed by atoms with van der Waals surface area (Å²) in [5.74, 6) is -1.13. The first kappa shape index (κ1) is 23.3. The van der Waals surface area contributed by atoms with Crippen LogP contribution in [0.5, 0.6) is 0 Å². The molecule has 0 bridgehead atoms. The van der Waals surface area contributed by atoms with E-state index in [1.54, 1.807) is 34.4 Å². The second-order valence-electron chi connectivity index (χ2n) is 7.48. The van der Waals surface area contributed by atoms with Crippen LogP contribution in [0.15, 0.2) is 69.1 Å². The molecule has 1 aromatic carbocycles. The van der Waals surface area contributed by atoms with Crippen molar-refractivity contribution in [2.45, 2.75) is 32.2 Å². The Bertz CT molecular complexity index is 1140. The molecule has 2 aliphatic heterocycles. The van der Waals surface area contributed by atoms with Gasteiger partial charge in [0.25, 0.3) is 0 Å². The highest BCUT2D eigenvalue weighted by atomic mass is 32.2. The van der Waals surface area contributed by atoms with E-state index in [4.69, 9.17) is 4.74 Å². The highest BCUT2D eigenvalue weighted by Crippen LogP contribution is 2.45. The zero-order valence-electron chi connectivity index (χ0n) is 18.3. The summed E-state index contributed by atoms with van der Waals surface area (Å²) in [6.07, 6.45) is 1.35. The maximum atomic E-state index is 14.9. The van der Waals surface area contributed by atoms with Crippen LogP contribution in [0.1, 0.15) is 36.2 Å². The van der Waals surface area contributed by atoms with Crippen molar-refractivity contribution in [3.8, 4) is 0 Å². The normalized spacial score (nSPS) is 17.4. The number of thiophene rings is 1. The first-order chi connectivity index (χ1) is 16.0. The van der Waals surface area contributed by atoms with Crippen molar-refractivity contribution in [1.82, 2.24) is 10.2 Å². The van der Waals surface area contributed by atoms with Crippen LogP contribution in [0.4, 0.5) is 4.39 Å². The van der Waals surface area contributed by atoms with E-state index in [-0.39, 0.29) is 12.3 Å². The topological polar surface area (TPSA) is 71.0 Å². The zero-order chi connectivity index (χ0) is 23.4. The average molecular weight is 486 g/mol. The van der Waals surface area contributed by atoms with Gasteiger partial charge >= 0.3 is 5.97 Å². The number of nitrogens with zero attached hydrogens (tertiary/aromatic N) is 2. The van der Waals surface area contributed by atoms with E-state index in [0.717, 1.165) is 6.42 Å². The number of carbonyl (C=O) groups is 2. The van der Waals surface area contributed by atoms with Gasteiger partial charge in [0, 0.05) is 22.7 Å². The number of amidine groups is 1. The number of ether oxygens (including phenoxy) is 1. The second kappa shape index (κ2) is 10.4. The molecule has 0 aliphatic carbocycles. The van der Waals surface area contributed by atoms with Gasteiger partial charge in [0.05, 0.1) is 30.8 Å². The molecule has 0 saturated carbocycles.